The molecule has 0 aromatic rings. The number of ether oxygens (including phenoxy) is 1. The minimum absolute atomic E-state index is 0.113. The highest BCUT2D eigenvalue weighted by atomic mass is 19.3. The average Bonchev–Trinajstić information content (AvgIpc) is 2.63. The van der Waals surface area contributed by atoms with E-state index in [0.29, 0.717) is 0 Å². The van der Waals surface area contributed by atoms with Crippen LogP contribution in [0.4, 0.5) is 13.2 Å². The van der Waals surface area contributed by atoms with Gasteiger partial charge in [0.1, 0.15) is 11.6 Å². The van der Waals surface area contributed by atoms with Crippen molar-refractivity contribution in [2.24, 2.45) is 11.8 Å². The fourth-order valence-corrected chi connectivity index (χ4v) is 3.14. The smallest absolute Gasteiger partial charge is 0.387 e. The van der Waals surface area contributed by atoms with Gasteiger partial charge >= 0.3 is 6.61 Å². The Bertz CT molecular complexity index is 618. The number of alkyl halides is 2. The standard InChI is InChI=1S/C23H31F3O/c1-6-20(13-14-21-11-7-16(2)8-12-21)15-22(24)19(5)17(3)9-10-18(4)27-23(25)26/h6,9-10,15-16,21,23H,3-5,7-8,11-14H2,1-2H3/b10-9-,20-6-,22-15+. The Balaban J connectivity index is 2.57. The van der Waals surface area contributed by atoms with E-state index in [4.69, 9.17) is 0 Å². The molecule has 1 saturated carbocycles. The Kier molecular flexibility index (Phi) is 9.98. The molecule has 1 nitrogen and oxygen atoms in total. The van der Waals surface area contributed by atoms with Crippen molar-refractivity contribution in [3.05, 3.63) is 72.3 Å². The molecule has 1 aliphatic carbocycles. The molecule has 1 aliphatic rings. The minimum Gasteiger partial charge on any atom is -0.435 e. The molecule has 4 heteroatoms. The maximum absolute atomic E-state index is 14.5. The van der Waals surface area contributed by atoms with Gasteiger partial charge < -0.3 is 4.74 Å². The third-order valence-electron chi connectivity index (χ3n) is 5.05. The summed E-state index contributed by atoms with van der Waals surface area (Å²) in [6.07, 6.45) is 12.9. The van der Waals surface area contributed by atoms with E-state index in [2.05, 4.69) is 31.4 Å². The monoisotopic (exact) mass is 380 g/mol. The second-order valence-electron chi connectivity index (χ2n) is 7.20. The third kappa shape index (κ3) is 8.98. The summed E-state index contributed by atoms with van der Waals surface area (Å²) in [5.41, 5.74) is 1.32. The lowest BCUT2D eigenvalue weighted by molar-refractivity contribution is -0.0915. The van der Waals surface area contributed by atoms with Gasteiger partial charge in [0.25, 0.3) is 0 Å². The lowest BCUT2D eigenvalue weighted by Gasteiger charge is -2.26. The zero-order valence-electron chi connectivity index (χ0n) is 16.4. The summed E-state index contributed by atoms with van der Waals surface area (Å²) in [7, 11) is 0. The van der Waals surface area contributed by atoms with Crippen molar-refractivity contribution in [3.8, 4) is 0 Å². The highest BCUT2D eigenvalue weighted by molar-refractivity contribution is 5.48. The maximum Gasteiger partial charge on any atom is 0.387 e. The molecule has 0 saturated heterocycles. The Morgan fingerprint density at radius 1 is 1.11 bits per heavy atom. The number of hydrogen-bond donors (Lipinski definition) is 0. The van der Waals surface area contributed by atoms with Crippen LogP contribution in [0.3, 0.4) is 0 Å². The molecule has 0 unspecified atom stereocenters. The van der Waals surface area contributed by atoms with E-state index >= 15 is 0 Å². The van der Waals surface area contributed by atoms with E-state index in [1.165, 1.54) is 43.9 Å². The highest BCUT2D eigenvalue weighted by Gasteiger charge is 2.18. The molecule has 0 aliphatic heterocycles. The predicted molar refractivity (Wildman–Crippen MR) is 107 cm³/mol. The van der Waals surface area contributed by atoms with Crippen LogP contribution in [0, 0.1) is 11.8 Å². The summed E-state index contributed by atoms with van der Waals surface area (Å²) >= 11 is 0. The summed E-state index contributed by atoms with van der Waals surface area (Å²) < 4.78 is 42.7. The SMILES string of the molecule is C=C(/C=C\C(=C)C(=C)/C(F)=C\C(=C/C)CCC1CCC(C)CC1)OC(F)F. The van der Waals surface area contributed by atoms with Crippen LogP contribution in [0.25, 0.3) is 0 Å². The minimum atomic E-state index is -2.94. The molecule has 1 fully saturated rings. The summed E-state index contributed by atoms with van der Waals surface area (Å²) in [6, 6.07) is 0. The second-order valence-corrected chi connectivity index (χ2v) is 7.20. The fraction of sp³-hybridized carbons (Fsp3) is 0.478. The Morgan fingerprint density at radius 3 is 2.30 bits per heavy atom. The van der Waals surface area contributed by atoms with Gasteiger partial charge in [-0.05, 0) is 54.9 Å². The number of allylic oxidation sites excluding steroid dienone is 8. The van der Waals surface area contributed by atoms with E-state index in [0.717, 1.165) is 30.3 Å². The Hall–Kier alpha value is -1.97. The molecule has 0 spiro atoms. The number of hydrogen-bond acceptors (Lipinski definition) is 1. The van der Waals surface area contributed by atoms with Crippen LogP contribution in [-0.2, 0) is 4.74 Å². The van der Waals surface area contributed by atoms with Gasteiger partial charge in [-0.1, -0.05) is 64.5 Å². The van der Waals surface area contributed by atoms with Crippen LogP contribution in [0.1, 0.15) is 52.4 Å². The molecule has 0 bridgehead atoms. The van der Waals surface area contributed by atoms with E-state index in [-0.39, 0.29) is 16.9 Å². The van der Waals surface area contributed by atoms with Gasteiger partial charge in [0.05, 0.1) is 0 Å². The van der Waals surface area contributed by atoms with Crippen molar-refractivity contribution in [1.29, 1.82) is 0 Å². The van der Waals surface area contributed by atoms with E-state index in [1.54, 1.807) is 0 Å². The summed E-state index contributed by atoms with van der Waals surface area (Å²) in [6.45, 7) is 12.0. The molecule has 1 rings (SSSR count). The van der Waals surface area contributed by atoms with E-state index in [1.807, 2.05) is 13.0 Å². The molecule has 0 aromatic carbocycles. The molecule has 0 amide bonds. The van der Waals surface area contributed by atoms with Gasteiger partial charge in [-0.2, -0.15) is 8.78 Å². The van der Waals surface area contributed by atoms with Crippen molar-refractivity contribution in [1.82, 2.24) is 0 Å². The molecule has 0 atom stereocenters. The molecule has 0 heterocycles. The first-order chi connectivity index (χ1) is 12.7. The first-order valence-electron chi connectivity index (χ1n) is 9.45. The fourth-order valence-electron chi connectivity index (χ4n) is 3.14. The zero-order chi connectivity index (χ0) is 20.4. The summed E-state index contributed by atoms with van der Waals surface area (Å²) in [5, 5.41) is 0. The number of halogens is 3. The van der Waals surface area contributed by atoms with Crippen molar-refractivity contribution in [2.75, 3.05) is 0 Å². The predicted octanol–water partition coefficient (Wildman–Crippen LogP) is 7.81. The second kappa shape index (κ2) is 11.7. The van der Waals surface area contributed by atoms with Crippen molar-refractivity contribution in [3.63, 3.8) is 0 Å². The van der Waals surface area contributed by atoms with Gasteiger partial charge in [0.2, 0.25) is 0 Å². The van der Waals surface area contributed by atoms with Crippen LogP contribution in [0.2, 0.25) is 0 Å². The van der Waals surface area contributed by atoms with Crippen LogP contribution in [0.15, 0.2) is 72.3 Å². The lowest BCUT2D eigenvalue weighted by atomic mass is 9.80. The lowest BCUT2D eigenvalue weighted by Crippen LogP contribution is -2.12. The van der Waals surface area contributed by atoms with Crippen LogP contribution < -0.4 is 0 Å². The highest BCUT2D eigenvalue weighted by Crippen LogP contribution is 2.32. The van der Waals surface area contributed by atoms with Gasteiger partial charge in [0, 0.05) is 5.57 Å². The average molecular weight is 380 g/mol. The summed E-state index contributed by atoms with van der Waals surface area (Å²) in [4.78, 5) is 0. The molecule has 0 aromatic heterocycles. The zero-order valence-corrected chi connectivity index (χ0v) is 16.4. The van der Waals surface area contributed by atoms with Gasteiger partial charge in [-0.3, -0.25) is 0 Å². The van der Waals surface area contributed by atoms with Crippen molar-refractivity contribution in [2.45, 2.75) is 59.0 Å². The number of rotatable bonds is 10. The first kappa shape index (κ1) is 23.1. The van der Waals surface area contributed by atoms with Crippen LogP contribution >= 0.6 is 0 Å². The molecule has 0 N–H and O–H groups in total. The largest absolute Gasteiger partial charge is 0.435 e. The van der Waals surface area contributed by atoms with Gasteiger partial charge in [-0.15, -0.1) is 0 Å². The van der Waals surface area contributed by atoms with Crippen molar-refractivity contribution < 1.29 is 17.9 Å². The maximum atomic E-state index is 14.5. The van der Waals surface area contributed by atoms with Crippen LogP contribution in [0.5, 0.6) is 0 Å². The Labute approximate surface area is 161 Å². The van der Waals surface area contributed by atoms with E-state index in [9.17, 15) is 13.2 Å². The van der Waals surface area contributed by atoms with Gasteiger partial charge in [0.15, 0.2) is 0 Å². The third-order valence-corrected chi connectivity index (χ3v) is 5.05. The molecular weight excluding hydrogens is 349 g/mol. The van der Waals surface area contributed by atoms with Crippen LogP contribution in [-0.4, -0.2) is 6.61 Å². The molecule has 27 heavy (non-hydrogen) atoms. The first-order valence-corrected chi connectivity index (χ1v) is 9.45. The molecule has 150 valence electrons. The van der Waals surface area contributed by atoms with Crippen molar-refractivity contribution >= 4 is 0 Å². The van der Waals surface area contributed by atoms with Gasteiger partial charge in [-0.25, -0.2) is 4.39 Å². The quantitative estimate of drug-likeness (QED) is 0.277. The topological polar surface area (TPSA) is 9.23 Å². The summed E-state index contributed by atoms with van der Waals surface area (Å²) in [5.74, 6) is 0.841. The molecule has 0 radical (unpaired) electrons. The molecular formula is C23H31F3O. The normalized spacial score (nSPS) is 21.6. The Morgan fingerprint density at radius 2 is 1.74 bits per heavy atom. The van der Waals surface area contributed by atoms with E-state index < -0.39 is 12.4 Å².